The Kier molecular flexibility index (Phi) is 3.69. The van der Waals surface area contributed by atoms with E-state index in [9.17, 15) is 4.79 Å². The van der Waals surface area contributed by atoms with Gasteiger partial charge in [-0.1, -0.05) is 6.07 Å². The normalized spacial score (nSPS) is 12.3. The van der Waals surface area contributed by atoms with E-state index in [0.717, 1.165) is 21.3 Å². The highest BCUT2D eigenvalue weighted by atomic mass is 32.1. The van der Waals surface area contributed by atoms with Crippen LogP contribution < -0.4 is 5.73 Å². The van der Waals surface area contributed by atoms with Crippen LogP contribution in [0, 0.1) is 6.92 Å². The molecule has 6 heteroatoms. The fraction of sp³-hybridized carbons (Fsp3) is 0.250. The first-order chi connectivity index (χ1) is 8.58. The molecule has 2 rings (SSSR count). The van der Waals surface area contributed by atoms with E-state index in [2.05, 4.69) is 9.97 Å². The molecule has 2 aromatic rings. The van der Waals surface area contributed by atoms with Crippen molar-refractivity contribution < 1.29 is 9.90 Å². The highest BCUT2D eigenvalue weighted by Gasteiger charge is 2.17. The van der Waals surface area contributed by atoms with E-state index in [1.807, 2.05) is 25.1 Å². The summed E-state index contributed by atoms with van der Waals surface area (Å²) in [5.74, 6) is -1.01. The number of aromatic nitrogens is 2. The van der Waals surface area contributed by atoms with Crippen molar-refractivity contribution in [3.63, 3.8) is 0 Å². The van der Waals surface area contributed by atoms with Crippen LogP contribution in [0.15, 0.2) is 24.4 Å². The lowest BCUT2D eigenvalue weighted by atomic mass is 10.2. The molecule has 2 heterocycles. The molecule has 0 saturated heterocycles. The van der Waals surface area contributed by atoms with Crippen LogP contribution in [0.4, 0.5) is 0 Å². The average molecular weight is 263 g/mol. The number of hydrogen-bond acceptors (Lipinski definition) is 5. The second-order valence-electron chi connectivity index (χ2n) is 3.88. The summed E-state index contributed by atoms with van der Waals surface area (Å²) in [6, 6.07) is 4.70. The molecule has 0 spiro atoms. The van der Waals surface area contributed by atoms with Crippen molar-refractivity contribution in [1.82, 2.24) is 9.97 Å². The molecule has 0 amide bonds. The number of aryl methyl sites for hydroxylation is 1. The van der Waals surface area contributed by atoms with Crippen molar-refractivity contribution in [3.05, 3.63) is 34.3 Å². The zero-order valence-electron chi connectivity index (χ0n) is 9.83. The molecule has 0 saturated carbocycles. The van der Waals surface area contributed by atoms with Crippen molar-refractivity contribution in [2.24, 2.45) is 5.73 Å². The Balaban J connectivity index is 2.25. The third kappa shape index (κ3) is 2.72. The minimum atomic E-state index is -1.01. The number of nitrogens with zero attached hydrogens (tertiary/aromatic N) is 2. The Hall–Kier alpha value is -1.79. The number of pyridine rings is 1. The van der Waals surface area contributed by atoms with Gasteiger partial charge in [-0.3, -0.25) is 9.78 Å². The van der Waals surface area contributed by atoms with E-state index in [4.69, 9.17) is 10.8 Å². The zero-order valence-corrected chi connectivity index (χ0v) is 10.6. The largest absolute Gasteiger partial charge is 0.480 e. The third-order valence-electron chi connectivity index (χ3n) is 2.46. The summed E-state index contributed by atoms with van der Waals surface area (Å²) in [4.78, 5) is 20.4. The molecule has 18 heavy (non-hydrogen) atoms. The number of nitrogens with two attached hydrogens (primary N) is 1. The monoisotopic (exact) mass is 263 g/mol. The molecule has 94 valence electrons. The summed E-state index contributed by atoms with van der Waals surface area (Å²) in [6.07, 6.45) is 1.95. The van der Waals surface area contributed by atoms with E-state index >= 15 is 0 Å². The highest BCUT2D eigenvalue weighted by Crippen LogP contribution is 2.26. The maximum atomic E-state index is 10.7. The second-order valence-corrected chi connectivity index (χ2v) is 5.16. The minimum absolute atomic E-state index is 0.244. The van der Waals surface area contributed by atoms with E-state index in [-0.39, 0.29) is 6.42 Å². The van der Waals surface area contributed by atoms with Gasteiger partial charge in [0.15, 0.2) is 0 Å². The lowest BCUT2D eigenvalue weighted by Crippen LogP contribution is -2.32. The summed E-state index contributed by atoms with van der Waals surface area (Å²) in [7, 11) is 0. The molecule has 1 atom stereocenters. The van der Waals surface area contributed by atoms with Crippen LogP contribution in [0.25, 0.3) is 11.4 Å². The smallest absolute Gasteiger partial charge is 0.320 e. The Morgan fingerprint density at radius 3 is 2.94 bits per heavy atom. The molecule has 0 aliphatic rings. The van der Waals surface area contributed by atoms with E-state index in [1.165, 1.54) is 11.3 Å². The maximum absolute atomic E-state index is 10.7. The third-order valence-corrected chi connectivity index (χ3v) is 3.45. The van der Waals surface area contributed by atoms with Crippen LogP contribution in [0.3, 0.4) is 0 Å². The average Bonchev–Trinajstić information content (AvgIpc) is 2.71. The first-order valence-electron chi connectivity index (χ1n) is 5.44. The Morgan fingerprint density at radius 1 is 1.56 bits per heavy atom. The number of carbonyl (C=O) groups is 1. The summed E-state index contributed by atoms with van der Waals surface area (Å²) in [5.41, 5.74) is 7.09. The molecular weight excluding hydrogens is 250 g/mol. The summed E-state index contributed by atoms with van der Waals surface area (Å²) >= 11 is 1.46. The van der Waals surface area contributed by atoms with Gasteiger partial charge in [-0.2, -0.15) is 0 Å². The standard InChI is InChI=1S/C12H13N3O2S/c1-7-11(9-4-2-3-5-14-9)15-10(18-7)6-8(13)12(16)17/h2-5,8H,6,13H2,1H3,(H,16,17). The van der Waals surface area contributed by atoms with Crippen LogP contribution in [0.5, 0.6) is 0 Å². The summed E-state index contributed by atoms with van der Waals surface area (Å²) in [5, 5.41) is 9.50. The lowest BCUT2D eigenvalue weighted by Gasteiger charge is -2.01. The van der Waals surface area contributed by atoms with Gasteiger partial charge in [0.2, 0.25) is 0 Å². The Labute approximate surface area is 108 Å². The van der Waals surface area contributed by atoms with Gasteiger partial charge in [-0.15, -0.1) is 11.3 Å². The van der Waals surface area contributed by atoms with Crippen molar-refractivity contribution in [1.29, 1.82) is 0 Å². The topological polar surface area (TPSA) is 89.1 Å². The number of aliphatic carboxylic acids is 1. The van der Waals surface area contributed by atoms with Crippen LogP contribution in [-0.2, 0) is 11.2 Å². The predicted octanol–water partition coefficient (Wildman–Crippen LogP) is 1.47. The number of hydrogen-bond donors (Lipinski definition) is 2. The number of carboxylic acid groups (broad SMARTS) is 1. The molecule has 0 bridgehead atoms. The molecule has 0 aromatic carbocycles. The molecular formula is C12H13N3O2S. The van der Waals surface area contributed by atoms with Crippen molar-refractivity contribution in [3.8, 4) is 11.4 Å². The molecule has 5 nitrogen and oxygen atoms in total. The fourth-order valence-electron chi connectivity index (χ4n) is 1.55. The van der Waals surface area contributed by atoms with Gasteiger partial charge in [0, 0.05) is 17.5 Å². The van der Waals surface area contributed by atoms with Gasteiger partial charge in [-0.05, 0) is 19.1 Å². The molecule has 3 N–H and O–H groups in total. The number of thiazole rings is 1. The van der Waals surface area contributed by atoms with E-state index in [1.54, 1.807) is 6.20 Å². The Bertz CT molecular complexity index is 554. The van der Waals surface area contributed by atoms with Crippen molar-refractivity contribution >= 4 is 17.3 Å². The van der Waals surface area contributed by atoms with Crippen molar-refractivity contribution in [2.45, 2.75) is 19.4 Å². The molecule has 0 aliphatic carbocycles. The first kappa shape index (κ1) is 12.7. The quantitative estimate of drug-likeness (QED) is 0.871. The lowest BCUT2D eigenvalue weighted by molar-refractivity contribution is -0.138. The SMILES string of the molecule is Cc1sc(CC(N)C(=O)O)nc1-c1ccccn1. The van der Waals surface area contributed by atoms with Crippen molar-refractivity contribution in [2.75, 3.05) is 0 Å². The zero-order chi connectivity index (χ0) is 13.1. The van der Waals surface area contributed by atoms with Crippen LogP contribution >= 0.6 is 11.3 Å². The second kappa shape index (κ2) is 5.24. The molecule has 0 radical (unpaired) electrons. The summed E-state index contributed by atoms with van der Waals surface area (Å²) < 4.78 is 0. The van der Waals surface area contributed by atoms with Gasteiger partial charge < -0.3 is 10.8 Å². The van der Waals surface area contributed by atoms with Gasteiger partial charge in [0.25, 0.3) is 0 Å². The maximum Gasteiger partial charge on any atom is 0.320 e. The molecule has 2 aromatic heterocycles. The molecule has 1 unspecified atom stereocenters. The van der Waals surface area contributed by atoms with Gasteiger partial charge in [-0.25, -0.2) is 4.98 Å². The minimum Gasteiger partial charge on any atom is -0.480 e. The summed E-state index contributed by atoms with van der Waals surface area (Å²) in [6.45, 7) is 1.94. The predicted molar refractivity (Wildman–Crippen MR) is 69.4 cm³/mol. The molecule has 0 fully saturated rings. The molecule has 0 aliphatic heterocycles. The Morgan fingerprint density at radius 2 is 2.33 bits per heavy atom. The fourth-order valence-corrected chi connectivity index (χ4v) is 2.55. The van der Waals surface area contributed by atoms with Crippen LogP contribution in [0.1, 0.15) is 9.88 Å². The van der Waals surface area contributed by atoms with Gasteiger partial charge in [0.1, 0.15) is 11.7 Å². The number of carboxylic acids is 1. The van der Waals surface area contributed by atoms with E-state index in [0.29, 0.717) is 0 Å². The van der Waals surface area contributed by atoms with Crippen LogP contribution in [0.2, 0.25) is 0 Å². The number of rotatable bonds is 4. The van der Waals surface area contributed by atoms with Crippen LogP contribution in [-0.4, -0.2) is 27.1 Å². The van der Waals surface area contributed by atoms with Gasteiger partial charge >= 0.3 is 5.97 Å². The van der Waals surface area contributed by atoms with Gasteiger partial charge in [0.05, 0.1) is 10.7 Å². The van der Waals surface area contributed by atoms with E-state index < -0.39 is 12.0 Å². The highest BCUT2D eigenvalue weighted by molar-refractivity contribution is 7.12. The first-order valence-corrected chi connectivity index (χ1v) is 6.25.